The highest BCUT2D eigenvalue weighted by Crippen LogP contribution is 2.18. The van der Waals surface area contributed by atoms with Crippen LogP contribution in [-0.4, -0.2) is 22.0 Å². The Morgan fingerprint density at radius 3 is 2.65 bits per heavy atom. The second kappa shape index (κ2) is 6.27. The molecule has 0 bridgehead atoms. The van der Waals surface area contributed by atoms with Crippen molar-refractivity contribution in [3.63, 3.8) is 0 Å². The number of rotatable bonds is 4. The fraction of sp³-hybridized carbons (Fsp3) is 0.0556. The van der Waals surface area contributed by atoms with Gasteiger partial charge in [-0.05, 0) is 28.5 Å². The summed E-state index contributed by atoms with van der Waals surface area (Å²) in [5.41, 5.74) is 1.13. The van der Waals surface area contributed by atoms with Crippen LogP contribution in [0.15, 0.2) is 60.8 Å². The molecule has 5 nitrogen and oxygen atoms in total. The molecule has 114 valence electrons. The molecule has 0 unspecified atom stereocenters. The van der Waals surface area contributed by atoms with E-state index in [9.17, 15) is 9.59 Å². The first-order valence-electron chi connectivity index (χ1n) is 7.09. The number of nitrogens with one attached hydrogen (secondary N) is 1. The highest BCUT2D eigenvalue weighted by molar-refractivity contribution is 5.97. The minimum atomic E-state index is -1.16. The van der Waals surface area contributed by atoms with Crippen LogP contribution in [0.4, 0.5) is 0 Å². The van der Waals surface area contributed by atoms with Crippen molar-refractivity contribution in [2.75, 3.05) is 0 Å². The number of amides is 1. The zero-order chi connectivity index (χ0) is 16.2. The molecule has 3 rings (SSSR count). The summed E-state index contributed by atoms with van der Waals surface area (Å²) in [4.78, 5) is 26.8. The molecule has 0 fully saturated rings. The number of aromatic carboxylic acids is 1. The maximum absolute atomic E-state index is 12.2. The highest BCUT2D eigenvalue weighted by Gasteiger charge is 2.11. The molecule has 23 heavy (non-hydrogen) atoms. The quantitative estimate of drug-likeness (QED) is 0.777. The average molecular weight is 306 g/mol. The summed E-state index contributed by atoms with van der Waals surface area (Å²) in [7, 11) is 0. The number of pyridine rings is 1. The Balaban J connectivity index is 1.78. The van der Waals surface area contributed by atoms with E-state index in [1.807, 2.05) is 42.5 Å². The Morgan fingerprint density at radius 1 is 1.04 bits per heavy atom. The van der Waals surface area contributed by atoms with Gasteiger partial charge in [0.05, 0.1) is 0 Å². The maximum atomic E-state index is 12.2. The van der Waals surface area contributed by atoms with Gasteiger partial charge in [-0.3, -0.25) is 4.79 Å². The Labute approximate surface area is 132 Å². The number of carbonyl (C=O) groups is 2. The largest absolute Gasteiger partial charge is 0.477 e. The van der Waals surface area contributed by atoms with Gasteiger partial charge in [-0.25, -0.2) is 9.78 Å². The normalized spacial score (nSPS) is 10.4. The van der Waals surface area contributed by atoms with Crippen LogP contribution >= 0.6 is 0 Å². The monoisotopic (exact) mass is 306 g/mol. The smallest absolute Gasteiger partial charge is 0.354 e. The standard InChI is InChI=1S/C18H14N2O3/c21-17(13-8-9-19-16(10-13)18(22)23)20-11-14-6-3-5-12-4-1-2-7-15(12)14/h1-10H,11H2,(H,20,21)(H,22,23). The topological polar surface area (TPSA) is 79.3 Å². The summed E-state index contributed by atoms with van der Waals surface area (Å²) in [5.74, 6) is -1.49. The van der Waals surface area contributed by atoms with Gasteiger partial charge >= 0.3 is 5.97 Å². The third kappa shape index (κ3) is 3.18. The number of carbonyl (C=O) groups excluding carboxylic acids is 1. The summed E-state index contributed by atoms with van der Waals surface area (Å²) >= 11 is 0. The number of nitrogens with zero attached hydrogens (tertiary/aromatic N) is 1. The molecule has 0 saturated carbocycles. The van der Waals surface area contributed by atoms with E-state index in [-0.39, 0.29) is 17.2 Å². The van der Waals surface area contributed by atoms with Gasteiger partial charge < -0.3 is 10.4 Å². The van der Waals surface area contributed by atoms with Crippen LogP contribution in [0.25, 0.3) is 10.8 Å². The van der Waals surface area contributed by atoms with Crippen molar-refractivity contribution < 1.29 is 14.7 Å². The lowest BCUT2D eigenvalue weighted by molar-refractivity contribution is 0.0690. The summed E-state index contributed by atoms with van der Waals surface area (Å²) in [6, 6.07) is 16.6. The van der Waals surface area contributed by atoms with Crippen LogP contribution in [0.1, 0.15) is 26.4 Å². The molecule has 0 aliphatic heterocycles. The van der Waals surface area contributed by atoms with E-state index in [2.05, 4.69) is 10.3 Å². The summed E-state index contributed by atoms with van der Waals surface area (Å²) in [6.07, 6.45) is 1.32. The third-order valence-electron chi connectivity index (χ3n) is 3.56. The van der Waals surface area contributed by atoms with E-state index in [1.54, 1.807) is 0 Å². The lowest BCUT2D eigenvalue weighted by Gasteiger charge is -2.09. The maximum Gasteiger partial charge on any atom is 0.354 e. The molecule has 0 aliphatic carbocycles. The summed E-state index contributed by atoms with van der Waals surface area (Å²) in [5, 5.41) is 13.9. The van der Waals surface area contributed by atoms with E-state index in [4.69, 9.17) is 5.11 Å². The fourth-order valence-electron chi connectivity index (χ4n) is 2.41. The number of aromatic nitrogens is 1. The Kier molecular flexibility index (Phi) is 4.01. The SMILES string of the molecule is O=C(NCc1cccc2ccccc12)c1ccnc(C(=O)O)c1. The minimum Gasteiger partial charge on any atom is -0.477 e. The van der Waals surface area contributed by atoms with E-state index in [1.165, 1.54) is 18.3 Å². The van der Waals surface area contributed by atoms with Gasteiger partial charge in [-0.15, -0.1) is 0 Å². The van der Waals surface area contributed by atoms with E-state index in [0.29, 0.717) is 6.54 Å². The predicted octanol–water partition coefficient (Wildman–Crippen LogP) is 2.86. The molecule has 0 atom stereocenters. The van der Waals surface area contributed by atoms with Crippen molar-refractivity contribution in [1.82, 2.24) is 10.3 Å². The zero-order valence-electron chi connectivity index (χ0n) is 12.2. The molecular weight excluding hydrogens is 292 g/mol. The molecule has 0 aliphatic rings. The second-order valence-electron chi connectivity index (χ2n) is 5.06. The van der Waals surface area contributed by atoms with Gasteiger partial charge in [0.1, 0.15) is 5.69 Å². The lowest BCUT2D eigenvalue weighted by atomic mass is 10.0. The Morgan fingerprint density at radius 2 is 1.83 bits per heavy atom. The Hall–Kier alpha value is -3.21. The van der Waals surface area contributed by atoms with Crippen molar-refractivity contribution in [1.29, 1.82) is 0 Å². The van der Waals surface area contributed by atoms with E-state index >= 15 is 0 Å². The van der Waals surface area contributed by atoms with E-state index < -0.39 is 5.97 Å². The molecule has 1 aromatic heterocycles. The number of carboxylic acid groups (broad SMARTS) is 1. The van der Waals surface area contributed by atoms with Crippen LogP contribution in [0.3, 0.4) is 0 Å². The predicted molar refractivity (Wildman–Crippen MR) is 86.3 cm³/mol. The van der Waals surface area contributed by atoms with Gasteiger partial charge in [-0.1, -0.05) is 42.5 Å². The second-order valence-corrected chi connectivity index (χ2v) is 5.06. The summed E-state index contributed by atoms with van der Waals surface area (Å²) in [6.45, 7) is 0.366. The lowest BCUT2D eigenvalue weighted by Crippen LogP contribution is -2.23. The molecule has 1 heterocycles. The molecule has 5 heteroatoms. The van der Waals surface area contributed by atoms with Gasteiger partial charge in [0.2, 0.25) is 0 Å². The van der Waals surface area contributed by atoms with Crippen molar-refractivity contribution in [3.8, 4) is 0 Å². The van der Waals surface area contributed by atoms with E-state index in [0.717, 1.165) is 16.3 Å². The van der Waals surface area contributed by atoms with Gasteiger partial charge in [0, 0.05) is 18.3 Å². The first-order valence-corrected chi connectivity index (χ1v) is 7.09. The molecule has 1 amide bonds. The van der Waals surface area contributed by atoms with Crippen molar-refractivity contribution in [2.45, 2.75) is 6.54 Å². The number of carboxylic acids is 1. The fourth-order valence-corrected chi connectivity index (χ4v) is 2.41. The summed E-state index contributed by atoms with van der Waals surface area (Å²) < 4.78 is 0. The molecular formula is C18H14N2O3. The molecule has 3 aromatic rings. The molecule has 0 radical (unpaired) electrons. The minimum absolute atomic E-state index is 0.150. The molecule has 0 spiro atoms. The molecule has 2 N–H and O–H groups in total. The molecule has 2 aromatic carbocycles. The van der Waals surface area contributed by atoms with Gasteiger partial charge in [0.15, 0.2) is 0 Å². The Bertz CT molecular complexity index is 885. The highest BCUT2D eigenvalue weighted by atomic mass is 16.4. The zero-order valence-corrected chi connectivity index (χ0v) is 12.2. The number of fused-ring (bicyclic) bond motifs is 1. The van der Waals surface area contributed by atoms with Crippen LogP contribution in [0, 0.1) is 0 Å². The van der Waals surface area contributed by atoms with Crippen LogP contribution in [-0.2, 0) is 6.54 Å². The van der Waals surface area contributed by atoms with Crippen LogP contribution in [0.5, 0.6) is 0 Å². The van der Waals surface area contributed by atoms with Crippen LogP contribution < -0.4 is 5.32 Å². The van der Waals surface area contributed by atoms with Gasteiger partial charge in [0.25, 0.3) is 5.91 Å². The number of hydrogen-bond donors (Lipinski definition) is 2. The molecule has 0 saturated heterocycles. The first-order chi connectivity index (χ1) is 11.1. The first kappa shape index (κ1) is 14.7. The number of hydrogen-bond acceptors (Lipinski definition) is 3. The van der Waals surface area contributed by atoms with Crippen molar-refractivity contribution in [3.05, 3.63) is 77.6 Å². The van der Waals surface area contributed by atoms with Gasteiger partial charge in [-0.2, -0.15) is 0 Å². The van der Waals surface area contributed by atoms with Crippen LogP contribution in [0.2, 0.25) is 0 Å². The van der Waals surface area contributed by atoms with Crippen molar-refractivity contribution >= 4 is 22.6 Å². The average Bonchev–Trinajstić information content (AvgIpc) is 2.59. The third-order valence-corrected chi connectivity index (χ3v) is 3.56. The number of benzene rings is 2. The van der Waals surface area contributed by atoms with Crippen molar-refractivity contribution in [2.24, 2.45) is 0 Å².